The van der Waals surface area contributed by atoms with E-state index in [0.29, 0.717) is 23.4 Å². The van der Waals surface area contributed by atoms with Gasteiger partial charge in [-0.05, 0) is 91.2 Å². The van der Waals surface area contributed by atoms with Gasteiger partial charge >= 0.3 is 0 Å². The first-order chi connectivity index (χ1) is 21.9. The van der Waals surface area contributed by atoms with Gasteiger partial charge in [-0.1, -0.05) is 31.4 Å². The van der Waals surface area contributed by atoms with E-state index in [9.17, 15) is 0 Å². The maximum atomic E-state index is 16.0. The topological polar surface area (TPSA) is 60.7 Å². The van der Waals surface area contributed by atoms with Crippen molar-refractivity contribution >= 4 is 24.2 Å². The van der Waals surface area contributed by atoms with Gasteiger partial charge < -0.3 is 25.0 Å². The molecule has 2 N–H and O–H groups in total. The molecule has 45 heavy (non-hydrogen) atoms. The molecule has 9 heteroatoms. The fraction of sp³-hybridized carbons (Fsp3) is 0.389. The van der Waals surface area contributed by atoms with Gasteiger partial charge in [0.2, 0.25) is 0 Å². The predicted molar refractivity (Wildman–Crippen MR) is 186 cm³/mol. The van der Waals surface area contributed by atoms with Crippen molar-refractivity contribution in [1.82, 2.24) is 25.1 Å². The Hall–Kier alpha value is -3.82. The van der Waals surface area contributed by atoms with Crippen LogP contribution in [-0.4, -0.2) is 53.2 Å². The van der Waals surface area contributed by atoms with Gasteiger partial charge in [0.25, 0.3) is 0 Å². The van der Waals surface area contributed by atoms with E-state index in [1.165, 1.54) is 24.2 Å². The Morgan fingerprint density at radius 1 is 1.20 bits per heavy atom. The van der Waals surface area contributed by atoms with E-state index in [1.54, 1.807) is 30.2 Å². The zero-order chi connectivity index (χ0) is 31.4. The summed E-state index contributed by atoms with van der Waals surface area (Å²) in [5.41, 5.74) is 8.17. The summed E-state index contributed by atoms with van der Waals surface area (Å²) >= 11 is 1.56. The Morgan fingerprint density at radius 2 is 1.98 bits per heavy atom. The van der Waals surface area contributed by atoms with E-state index in [4.69, 9.17) is 4.98 Å². The van der Waals surface area contributed by atoms with Gasteiger partial charge in [-0.25, -0.2) is 9.37 Å². The van der Waals surface area contributed by atoms with Gasteiger partial charge in [-0.3, -0.25) is 4.99 Å². The summed E-state index contributed by atoms with van der Waals surface area (Å²) in [5.74, 6) is 0.389. The number of hydrogen-bond donors (Lipinski definition) is 2. The number of anilines is 1. The number of imidazole rings is 1. The van der Waals surface area contributed by atoms with Crippen LogP contribution in [0.15, 0.2) is 84.4 Å². The molecule has 1 unspecified atom stereocenters. The summed E-state index contributed by atoms with van der Waals surface area (Å²) in [6.45, 7) is 19.8. The Balaban J connectivity index is 1.19. The van der Waals surface area contributed by atoms with Crippen LogP contribution in [0.5, 0.6) is 0 Å². The fourth-order valence-corrected chi connectivity index (χ4v) is 7.48. The van der Waals surface area contributed by atoms with Crippen LogP contribution in [0.25, 0.3) is 11.1 Å². The highest BCUT2D eigenvalue weighted by Crippen LogP contribution is 2.38. The largest absolute Gasteiger partial charge is 0.377 e. The summed E-state index contributed by atoms with van der Waals surface area (Å²) in [6, 6.07) is 12.1. The lowest BCUT2D eigenvalue weighted by molar-refractivity contribution is 0.126. The van der Waals surface area contributed by atoms with Crippen LogP contribution in [0, 0.1) is 18.2 Å². The molecule has 2 aromatic carbocycles. The van der Waals surface area contributed by atoms with Crippen LogP contribution in [0.3, 0.4) is 0 Å². The summed E-state index contributed by atoms with van der Waals surface area (Å²) in [6.07, 6.45) is 9.88. The normalized spacial score (nSPS) is 17.6. The minimum absolute atomic E-state index is 0.221. The fourth-order valence-electron chi connectivity index (χ4n) is 6.94. The summed E-state index contributed by atoms with van der Waals surface area (Å²) in [7, 11) is 0. The third kappa shape index (κ3) is 6.60. The Bertz CT molecular complexity index is 1540. The van der Waals surface area contributed by atoms with Crippen molar-refractivity contribution in [1.29, 1.82) is 0 Å². The Kier molecular flexibility index (Phi) is 9.47. The number of halogens is 1. The molecule has 2 saturated heterocycles. The number of piperidine rings is 1. The number of nitrogens with one attached hydrogen (secondary N) is 2. The average molecular weight is 626 g/mol. The van der Waals surface area contributed by atoms with Crippen LogP contribution < -0.4 is 15.5 Å². The highest BCUT2D eigenvalue weighted by atomic mass is 32.2. The molecule has 2 fully saturated rings. The number of thioether (sulfide) groups is 1. The predicted octanol–water partition coefficient (Wildman–Crippen LogP) is 6.79. The number of fused-ring (bicyclic) bond motifs is 1. The molecular formula is C36H44FN7S. The molecule has 3 aliphatic rings. The van der Waals surface area contributed by atoms with E-state index >= 15 is 4.39 Å². The second kappa shape index (κ2) is 13.7. The van der Waals surface area contributed by atoms with Crippen molar-refractivity contribution in [3.05, 3.63) is 108 Å². The van der Waals surface area contributed by atoms with Crippen molar-refractivity contribution in [2.75, 3.05) is 37.0 Å². The van der Waals surface area contributed by atoms with Crippen LogP contribution >= 0.6 is 11.8 Å². The standard InChI is InChI=1S/C36H44FN7S/c1-5-42(35(27(3)41-25-45-18-14-38-4)34-33-7-6-15-44(33)24-40-34)21-31-26(2)19-29(20-32(31)37)28-8-10-30(11-9-28)43-16-12-36(13-17-43)22-39-23-36/h5,8-11,14,18-20,24,35,39,41H,1,3-4,6-7,12-13,15-17,21-23,25H2,2H3/b18-14-. The molecule has 1 atom stereocenters. The summed E-state index contributed by atoms with van der Waals surface area (Å²) in [4.78, 5) is 13.1. The quantitative estimate of drug-likeness (QED) is 0.124. The highest BCUT2D eigenvalue weighted by molar-refractivity contribution is 8.02. The van der Waals surface area contributed by atoms with Gasteiger partial charge in [-0.2, -0.15) is 0 Å². The minimum Gasteiger partial charge on any atom is -0.377 e. The molecule has 0 aliphatic carbocycles. The van der Waals surface area contributed by atoms with Crippen molar-refractivity contribution in [2.24, 2.45) is 10.4 Å². The summed E-state index contributed by atoms with van der Waals surface area (Å²) in [5, 5.41) is 8.76. The Labute approximate surface area is 271 Å². The van der Waals surface area contributed by atoms with Gasteiger partial charge in [-0.15, -0.1) is 11.8 Å². The smallest absolute Gasteiger partial charge is 0.129 e. The van der Waals surface area contributed by atoms with E-state index in [0.717, 1.165) is 73.6 Å². The first-order valence-corrected chi connectivity index (χ1v) is 16.9. The molecule has 236 valence electrons. The average Bonchev–Trinajstić information content (AvgIpc) is 3.66. The maximum absolute atomic E-state index is 16.0. The number of aliphatic imine (C=N–C) groups is 1. The molecule has 1 aromatic heterocycles. The molecular weight excluding hydrogens is 582 g/mol. The lowest BCUT2D eigenvalue weighted by Gasteiger charge is -2.49. The number of rotatable bonds is 13. The third-order valence-corrected chi connectivity index (χ3v) is 10.4. The molecule has 4 heterocycles. The van der Waals surface area contributed by atoms with Crippen molar-refractivity contribution < 1.29 is 4.39 Å². The van der Waals surface area contributed by atoms with Crippen LogP contribution in [0.4, 0.5) is 10.1 Å². The highest BCUT2D eigenvalue weighted by Gasteiger charge is 2.39. The SMILES string of the molecule is C=CN(Cc1c(C)cc(-c2ccc(N3CCC4(CC3)CNC4)cc2)cc1F)C(C(=C)NCS/C=C\N=C)c1ncn2c1CCC2. The van der Waals surface area contributed by atoms with Crippen molar-refractivity contribution in [3.63, 3.8) is 0 Å². The molecule has 3 aliphatic heterocycles. The monoisotopic (exact) mass is 625 g/mol. The molecule has 0 bridgehead atoms. The van der Waals surface area contributed by atoms with Crippen LogP contribution in [0.1, 0.15) is 47.8 Å². The first kappa shape index (κ1) is 31.2. The van der Waals surface area contributed by atoms with E-state index in [1.807, 2.05) is 23.6 Å². The Morgan fingerprint density at radius 3 is 2.64 bits per heavy atom. The molecule has 7 nitrogen and oxygen atoms in total. The van der Waals surface area contributed by atoms with Gasteiger partial charge in [0.05, 0.1) is 17.9 Å². The molecule has 0 radical (unpaired) electrons. The minimum atomic E-state index is -0.296. The third-order valence-electron chi connectivity index (χ3n) is 9.74. The molecule has 6 rings (SSSR count). The van der Waals surface area contributed by atoms with E-state index in [-0.39, 0.29) is 11.9 Å². The van der Waals surface area contributed by atoms with Crippen LogP contribution in [-0.2, 0) is 19.5 Å². The van der Waals surface area contributed by atoms with Gasteiger partial charge in [0, 0.05) is 68.1 Å². The maximum Gasteiger partial charge on any atom is 0.129 e. The van der Waals surface area contributed by atoms with E-state index in [2.05, 4.69) is 75.3 Å². The molecule has 1 spiro atoms. The number of aryl methyl sites for hydroxylation is 2. The zero-order valence-corrected chi connectivity index (χ0v) is 27.1. The first-order valence-electron chi connectivity index (χ1n) is 15.8. The zero-order valence-electron chi connectivity index (χ0n) is 26.3. The summed E-state index contributed by atoms with van der Waals surface area (Å²) < 4.78 is 18.2. The van der Waals surface area contributed by atoms with Gasteiger partial charge in [0.1, 0.15) is 11.9 Å². The van der Waals surface area contributed by atoms with Crippen LogP contribution in [0.2, 0.25) is 0 Å². The lowest BCUT2D eigenvalue weighted by Crippen LogP contribution is -2.58. The lowest BCUT2D eigenvalue weighted by atomic mass is 9.73. The van der Waals surface area contributed by atoms with Gasteiger partial charge in [0.15, 0.2) is 0 Å². The van der Waals surface area contributed by atoms with Crippen molar-refractivity contribution in [2.45, 2.75) is 51.7 Å². The van der Waals surface area contributed by atoms with Crippen molar-refractivity contribution in [3.8, 4) is 11.1 Å². The molecule has 3 aromatic rings. The molecule has 0 amide bonds. The number of hydrogen-bond acceptors (Lipinski definition) is 7. The second-order valence-corrected chi connectivity index (χ2v) is 13.4. The number of benzene rings is 2. The molecule has 0 saturated carbocycles. The number of aromatic nitrogens is 2. The van der Waals surface area contributed by atoms with E-state index < -0.39 is 0 Å². The second-order valence-electron chi connectivity index (χ2n) is 12.5. The number of nitrogens with zero attached hydrogens (tertiary/aromatic N) is 5.